The van der Waals surface area contributed by atoms with Gasteiger partial charge in [-0.05, 0) is 18.3 Å². The lowest BCUT2D eigenvalue weighted by Gasteiger charge is -2.33. The Hall–Kier alpha value is -1.09. The van der Waals surface area contributed by atoms with E-state index in [-0.39, 0.29) is 11.3 Å². The van der Waals surface area contributed by atoms with Crippen molar-refractivity contribution < 1.29 is 4.79 Å². The van der Waals surface area contributed by atoms with E-state index >= 15 is 0 Å². The first-order valence-corrected chi connectivity index (χ1v) is 6.21. The van der Waals surface area contributed by atoms with Gasteiger partial charge in [0.2, 0.25) is 5.91 Å². The van der Waals surface area contributed by atoms with Crippen LogP contribution in [0.5, 0.6) is 0 Å². The molecule has 0 aromatic rings. The SMILES string of the molecule is C=CCC(N)C(=O)N1CC=C(C(C)(C)C)CC1. The quantitative estimate of drug-likeness (QED) is 0.763. The molecule has 0 aliphatic carbocycles. The van der Waals surface area contributed by atoms with Crippen molar-refractivity contribution >= 4 is 5.91 Å². The van der Waals surface area contributed by atoms with Crippen LogP contribution in [0, 0.1) is 5.41 Å². The second kappa shape index (κ2) is 5.50. The number of hydrogen-bond acceptors (Lipinski definition) is 2. The molecule has 1 amide bonds. The maximum absolute atomic E-state index is 12.0. The molecule has 1 aliphatic heterocycles. The highest BCUT2D eigenvalue weighted by atomic mass is 16.2. The van der Waals surface area contributed by atoms with Crippen molar-refractivity contribution in [2.24, 2.45) is 11.1 Å². The first-order chi connectivity index (χ1) is 7.86. The monoisotopic (exact) mass is 236 g/mol. The Balaban J connectivity index is 2.60. The number of carbonyl (C=O) groups is 1. The molecule has 1 aliphatic rings. The lowest BCUT2D eigenvalue weighted by Crippen LogP contribution is -2.45. The summed E-state index contributed by atoms with van der Waals surface area (Å²) in [6.07, 6.45) is 5.37. The number of carbonyl (C=O) groups excluding carboxylic acids is 1. The van der Waals surface area contributed by atoms with Gasteiger partial charge in [0.1, 0.15) is 0 Å². The van der Waals surface area contributed by atoms with Crippen LogP contribution >= 0.6 is 0 Å². The van der Waals surface area contributed by atoms with Crippen molar-refractivity contribution in [1.82, 2.24) is 4.90 Å². The van der Waals surface area contributed by atoms with Crippen molar-refractivity contribution in [3.63, 3.8) is 0 Å². The summed E-state index contributed by atoms with van der Waals surface area (Å²) in [5.41, 5.74) is 7.43. The minimum Gasteiger partial charge on any atom is -0.337 e. The van der Waals surface area contributed by atoms with Crippen LogP contribution in [-0.2, 0) is 4.79 Å². The van der Waals surface area contributed by atoms with E-state index in [2.05, 4.69) is 33.4 Å². The number of hydrogen-bond donors (Lipinski definition) is 1. The highest BCUT2D eigenvalue weighted by Crippen LogP contribution is 2.30. The van der Waals surface area contributed by atoms with Gasteiger partial charge in [-0.1, -0.05) is 38.5 Å². The summed E-state index contributed by atoms with van der Waals surface area (Å²) >= 11 is 0. The Morgan fingerprint density at radius 3 is 2.71 bits per heavy atom. The maximum Gasteiger partial charge on any atom is 0.240 e. The first-order valence-electron chi connectivity index (χ1n) is 6.21. The molecule has 2 N–H and O–H groups in total. The van der Waals surface area contributed by atoms with E-state index in [0.29, 0.717) is 13.0 Å². The molecule has 0 fully saturated rings. The third kappa shape index (κ3) is 3.70. The van der Waals surface area contributed by atoms with Gasteiger partial charge in [0, 0.05) is 13.1 Å². The molecule has 0 bridgehead atoms. The van der Waals surface area contributed by atoms with E-state index < -0.39 is 6.04 Å². The number of amides is 1. The van der Waals surface area contributed by atoms with Crippen LogP contribution in [0.3, 0.4) is 0 Å². The van der Waals surface area contributed by atoms with E-state index in [0.717, 1.165) is 13.0 Å². The third-order valence-electron chi connectivity index (χ3n) is 3.22. The molecule has 1 unspecified atom stereocenters. The third-order valence-corrected chi connectivity index (χ3v) is 3.22. The molecular formula is C14H24N2O. The first kappa shape index (κ1) is 14.0. The molecule has 96 valence electrons. The van der Waals surface area contributed by atoms with Gasteiger partial charge in [0.05, 0.1) is 6.04 Å². The normalized spacial score (nSPS) is 18.6. The zero-order valence-electron chi connectivity index (χ0n) is 11.2. The molecule has 1 heterocycles. The van der Waals surface area contributed by atoms with E-state index in [9.17, 15) is 4.79 Å². The van der Waals surface area contributed by atoms with Gasteiger partial charge in [0.25, 0.3) is 0 Å². The van der Waals surface area contributed by atoms with Gasteiger partial charge in [-0.3, -0.25) is 4.79 Å². The van der Waals surface area contributed by atoms with Crippen LogP contribution < -0.4 is 5.73 Å². The van der Waals surface area contributed by atoms with Crippen LogP contribution in [0.25, 0.3) is 0 Å². The minimum absolute atomic E-state index is 0.0362. The molecule has 3 nitrogen and oxygen atoms in total. The van der Waals surface area contributed by atoms with E-state index in [4.69, 9.17) is 5.73 Å². The topological polar surface area (TPSA) is 46.3 Å². The Morgan fingerprint density at radius 1 is 1.65 bits per heavy atom. The molecule has 0 aromatic carbocycles. The zero-order chi connectivity index (χ0) is 13.1. The molecule has 1 rings (SSSR count). The fraction of sp³-hybridized carbons (Fsp3) is 0.643. The molecule has 0 saturated heterocycles. The van der Waals surface area contributed by atoms with Crippen LogP contribution in [0.1, 0.15) is 33.6 Å². The fourth-order valence-corrected chi connectivity index (χ4v) is 2.07. The van der Waals surface area contributed by atoms with Crippen molar-refractivity contribution in [1.29, 1.82) is 0 Å². The van der Waals surface area contributed by atoms with E-state index in [1.54, 1.807) is 6.08 Å². The van der Waals surface area contributed by atoms with Crippen molar-refractivity contribution in [2.75, 3.05) is 13.1 Å². The van der Waals surface area contributed by atoms with Crippen molar-refractivity contribution in [3.8, 4) is 0 Å². The van der Waals surface area contributed by atoms with Crippen molar-refractivity contribution in [3.05, 3.63) is 24.3 Å². The van der Waals surface area contributed by atoms with Crippen LogP contribution in [0.2, 0.25) is 0 Å². The standard InChI is InChI=1S/C14H24N2O/c1-5-6-12(15)13(17)16-9-7-11(8-10-16)14(2,3)4/h5,7,12H,1,6,8-10,15H2,2-4H3. The number of rotatable bonds is 3. The predicted molar refractivity (Wildman–Crippen MR) is 71.5 cm³/mol. The summed E-state index contributed by atoms with van der Waals surface area (Å²) in [5, 5.41) is 0. The molecule has 0 aromatic heterocycles. The molecule has 1 atom stereocenters. The molecule has 0 spiro atoms. The summed E-state index contributed by atoms with van der Waals surface area (Å²) in [6, 6.07) is -0.433. The zero-order valence-corrected chi connectivity index (χ0v) is 11.2. The highest BCUT2D eigenvalue weighted by Gasteiger charge is 2.25. The lowest BCUT2D eigenvalue weighted by molar-refractivity contribution is -0.132. The molecular weight excluding hydrogens is 212 g/mol. The maximum atomic E-state index is 12.0. The summed E-state index contributed by atoms with van der Waals surface area (Å²) in [6.45, 7) is 11.7. The van der Waals surface area contributed by atoms with Gasteiger partial charge in [-0.2, -0.15) is 0 Å². The van der Waals surface area contributed by atoms with E-state index in [1.807, 2.05) is 4.90 Å². The van der Waals surface area contributed by atoms with Gasteiger partial charge in [-0.25, -0.2) is 0 Å². The summed E-state index contributed by atoms with van der Waals surface area (Å²) in [7, 11) is 0. The van der Waals surface area contributed by atoms with Gasteiger partial charge in [-0.15, -0.1) is 6.58 Å². The van der Waals surface area contributed by atoms with Gasteiger partial charge >= 0.3 is 0 Å². The van der Waals surface area contributed by atoms with Crippen LogP contribution in [-0.4, -0.2) is 29.9 Å². The molecule has 3 heteroatoms. The van der Waals surface area contributed by atoms with E-state index in [1.165, 1.54) is 5.57 Å². The van der Waals surface area contributed by atoms with Gasteiger partial charge < -0.3 is 10.6 Å². The average molecular weight is 236 g/mol. The smallest absolute Gasteiger partial charge is 0.240 e. The molecule has 17 heavy (non-hydrogen) atoms. The van der Waals surface area contributed by atoms with Crippen LogP contribution in [0.4, 0.5) is 0 Å². The molecule has 0 saturated carbocycles. The number of nitrogens with zero attached hydrogens (tertiary/aromatic N) is 1. The fourth-order valence-electron chi connectivity index (χ4n) is 2.07. The summed E-state index contributed by atoms with van der Waals surface area (Å²) in [5.74, 6) is 0.0362. The average Bonchev–Trinajstić information content (AvgIpc) is 2.27. The van der Waals surface area contributed by atoms with Gasteiger partial charge in [0.15, 0.2) is 0 Å². The molecule has 0 radical (unpaired) electrons. The number of nitrogens with two attached hydrogens (primary N) is 1. The largest absolute Gasteiger partial charge is 0.337 e. The van der Waals surface area contributed by atoms with Crippen LogP contribution in [0.15, 0.2) is 24.3 Å². The lowest BCUT2D eigenvalue weighted by atomic mass is 9.83. The Labute approximate surface area is 104 Å². The Morgan fingerprint density at radius 2 is 2.29 bits per heavy atom. The predicted octanol–water partition coefficient (Wildman–Crippen LogP) is 2.09. The summed E-state index contributed by atoms with van der Waals surface area (Å²) < 4.78 is 0. The van der Waals surface area contributed by atoms with Crippen molar-refractivity contribution in [2.45, 2.75) is 39.7 Å². The second-order valence-electron chi connectivity index (χ2n) is 5.64. The second-order valence-corrected chi connectivity index (χ2v) is 5.64. The highest BCUT2D eigenvalue weighted by molar-refractivity contribution is 5.82. The summed E-state index contributed by atoms with van der Waals surface area (Å²) in [4.78, 5) is 13.8. The Bertz CT molecular complexity index is 326. The Kier molecular flexibility index (Phi) is 4.52. The minimum atomic E-state index is -0.433.